The van der Waals surface area contributed by atoms with E-state index in [-0.39, 0.29) is 18.6 Å². The van der Waals surface area contributed by atoms with E-state index in [0.29, 0.717) is 5.56 Å². The van der Waals surface area contributed by atoms with Crippen LogP contribution in [-0.4, -0.2) is 24.0 Å². The molecule has 0 bridgehead atoms. The number of hydrogen-bond acceptors (Lipinski definition) is 2. The molecule has 120 valence electrons. The van der Waals surface area contributed by atoms with Crippen LogP contribution in [0.2, 0.25) is 0 Å². The highest BCUT2D eigenvalue weighted by Crippen LogP contribution is 2.26. The van der Waals surface area contributed by atoms with Crippen molar-refractivity contribution >= 4 is 0 Å². The van der Waals surface area contributed by atoms with E-state index in [1.54, 1.807) is 0 Å². The maximum atomic E-state index is 13.5. The largest absolute Gasteiger partial charge is 0.329 e. The first-order valence-corrected chi connectivity index (χ1v) is 7.56. The molecule has 0 fully saturated rings. The molecule has 2 N–H and O–H groups in total. The molecule has 0 aliphatic heterocycles. The van der Waals surface area contributed by atoms with Gasteiger partial charge in [0.1, 0.15) is 0 Å². The van der Waals surface area contributed by atoms with Gasteiger partial charge in [-0.3, -0.25) is 4.90 Å². The number of nitrogens with zero attached hydrogens (tertiary/aromatic N) is 1. The van der Waals surface area contributed by atoms with Gasteiger partial charge in [0.05, 0.1) is 0 Å². The molecule has 2 nitrogen and oxygen atoms in total. The minimum atomic E-state index is -1.43. The Kier molecular flexibility index (Phi) is 7.18. The summed E-state index contributed by atoms with van der Waals surface area (Å²) in [6.45, 7) is 7.24. The maximum absolute atomic E-state index is 13.5. The molecule has 0 heterocycles. The van der Waals surface area contributed by atoms with Gasteiger partial charge in [0.2, 0.25) is 0 Å². The van der Waals surface area contributed by atoms with Gasteiger partial charge in [-0.15, -0.1) is 0 Å². The van der Waals surface area contributed by atoms with E-state index >= 15 is 0 Å². The second-order valence-electron chi connectivity index (χ2n) is 5.40. The zero-order chi connectivity index (χ0) is 16.0. The summed E-state index contributed by atoms with van der Waals surface area (Å²) in [5.41, 5.74) is 6.22. The third-order valence-corrected chi connectivity index (χ3v) is 3.94. The van der Waals surface area contributed by atoms with Crippen LogP contribution in [0.5, 0.6) is 0 Å². The lowest BCUT2D eigenvalue weighted by molar-refractivity contribution is 0.140. The Balaban J connectivity index is 3.12. The van der Waals surface area contributed by atoms with Crippen molar-refractivity contribution in [3.63, 3.8) is 0 Å². The molecule has 0 aliphatic carbocycles. The molecule has 1 aromatic rings. The van der Waals surface area contributed by atoms with Crippen molar-refractivity contribution in [1.29, 1.82) is 0 Å². The predicted molar refractivity (Wildman–Crippen MR) is 79.5 cm³/mol. The first-order chi connectivity index (χ1) is 9.96. The molecule has 0 radical (unpaired) electrons. The van der Waals surface area contributed by atoms with Crippen molar-refractivity contribution in [3.8, 4) is 0 Å². The highest BCUT2D eigenvalue weighted by Gasteiger charge is 2.25. The molecule has 1 aromatic carbocycles. The fourth-order valence-corrected chi connectivity index (χ4v) is 2.49. The van der Waals surface area contributed by atoms with Gasteiger partial charge >= 0.3 is 0 Å². The molecule has 21 heavy (non-hydrogen) atoms. The van der Waals surface area contributed by atoms with Crippen LogP contribution in [0.4, 0.5) is 13.2 Å². The van der Waals surface area contributed by atoms with Crippen LogP contribution in [0.15, 0.2) is 12.1 Å². The zero-order valence-corrected chi connectivity index (χ0v) is 13.0. The van der Waals surface area contributed by atoms with E-state index < -0.39 is 17.5 Å². The summed E-state index contributed by atoms with van der Waals surface area (Å²) in [7, 11) is 0. The normalized spacial score (nSPS) is 14.5. The molecule has 0 saturated heterocycles. The van der Waals surface area contributed by atoms with Crippen molar-refractivity contribution < 1.29 is 13.2 Å². The summed E-state index contributed by atoms with van der Waals surface area (Å²) in [6.07, 6.45) is 2.91. The molecule has 0 spiro atoms. The Hall–Kier alpha value is -1.07. The van der Waals surface area contributed by atoms with Crippen molar-refractivity contribution in [2.45, 2.75) is 52.1 Å². The molecule has 2 unspecified atom stereocenters. The second kappa shape index (κ2) is 8.39. The van der Waals surface area contributed by atoms with Crippen LogP contribution >= 0.6 is 0 Å². The smallest absolute Gasteiger partial charge is 0.194 e. The SMILES string of the molecule is CCCCN(C(C)CC)C(CN)c1cc(F)c(F)c(F)c1. The highest BCUT2D eigenvalue weighted by atomic mass is 19.2. The molecule has 0 aromatic heterocycles. The van der Waals surface area contributed by atoms with Gasteiger partial charge in [0.25, 0.3) is 0 Å². The average molecular weight is 302 g/mol. The Morgan fingerprint density at radius 1 is 1.14 bits per heavy atom. The molecule has 0 amide bonds. The van der Waals surface area contributed by atoms with Gasteiger partial charge in [-0.05, 0) is 44.0 Å². The number of rotatable bonds is 8. The highest BCUT2D eigenvalue weighted by molar-refractivity contribution is 5.23. The first-order valence-electron chi connectivity index (χ1n) is 7.56. The minimum absolute atomic E-state index is 0.235. The summed E-state index contributed by atoms with van der Waals surface area (Å²) in [6, 6.07) is 2.03. The fraction of sp³-hybridized carbons (Fsp3) is 0.625. The minimum Gasteiger partial charge on any atom is -0.329 e. The summed E-state index contributed by atoms with van der Waals surface area (Å²) < 4.78 is 40.0. The Morgan fingerprint density at radius 3 is 2.14 bits per heavy atom. The third-order valence-electron chi connectivity index (χ3n) is 3.94. The zero-order valence-electron chi connectivity index (χ0n) is 13.0. The number of hydrogen-bond donors (Lipinski definition) is 1. The summed E-state index contributed by atoms with van der Waals surface area (Å²) in [5, 5.41) is 0. The van der Waals surface area contributed by atoms with E-state index in [1.807, 2.05) is 0 Å². The van der Waals surface area contributed by atoms with Crippen LogP contribution in [0.1, 0.15) is 51.6 Å². The van der Waals surface area contributed by atoms with Gasteiger partial charge in [0, 0.05) is 18.6 Å². The number of nitrogens with two attached hydrogens (primary N) is 1. The molecule has 5 heteroatoms. The van der Waals surface area contributed by atoms with E-state index in [0.717, 1.165) is 37.9 Å². The number of benzene rings is 1. The van der Waals surface area contributed by atoms with E-state index in [9.17, 15) is 13.2 Å². The maximum Gasteiger partial charge on any atom is 0.194 e. The molecular weight excluding hydrogens is 277 g/mol. The quantitative estimate of drug-likeness (QED) is 0.735. The molecular formula is C16H25F3N2. The number of unbranched alkanes of at least 4 members (excludes halogenated alkanes) is 1. The van der Waals surface area contributed by atoms with Crippen LogP contribution in [0.25, 0.3) is 0 Å². The molecule has 1 rings (SSSR count). The Labute approximate surface area is 125 Å². The standard InChI is InChI=1S/C16H25F3N2/c1-4-6-7-21(11(3)5-2)15(10-20)12-8-13(17)16(19)14(18)9-12/h8-9,11,15H,4-7,10,20H2,1-3H3. The summed E-state index contributed by atoms with van der Waals surface area (Å²) >= 11 is 0. The summed E-state index contributed by atoms with van der Waals surface area (Å²) in [4.78, 5) is 2.15. The van der Waals surface area contributed by atoms with E-state index in [2.05, 4.69) is 25.7 Å². The van der Waals surface area contributed by atoms with E-state index in [4.69, 9.17) is 5.73 Å². The predicted octanol–water partition coefficient (Wildman–Crippen LogP) is 4.00. The molecule has 2 atom stereocenters. The first kappa shape index (κ1) is 18.0. The van der Waals surface area contributed by atoms with Crippen LogP contribution < -0.4 is 5.73 Å². The van der Waals surface area contributed by atoms with Crippen molar-refractivity contribution in [2.75, 3.05) is 13.1 Å². The van der Waals surface area contributed by atoms with Gasteiger partial charge in [0.15, 0.2) is 17.5 Å². The Morgan fingerprint density at radius 2 is 1.71 bits per heavy atom. The Bertz CT molecular complexity index is 428. The van der Waals surface area contributed by atoms with Crippen LogP contribution in [0.3, 0.4) is 0 Å². The topological polar surface area (TPSA) is 29.3 Å². The average Bonchev–Trinajstić information content (AvgIpc) is 2.47. The molecule has 0 aliphatic rings. The van der Waals surface area contributed by atoms with Crippen molar-refractivity contribution in [2.24, 2.45) is 5.73 Å². The van der Waals surface area contributed by atoms with Gasteiger partial charge in [-0.1, -0.05) is 20.3 Å². The third kappa shape index (κ3) is 4.45. The van der Waals surface area contributed by atoms with E-state index in [1.165, 1.54) is 0 Å². The van der Waals surface area contributed by atoms with Gasteiger partial charge < -0.3 is 5.73 Å². The monoisotopic (exact) mass is 302 g/mol. The van der Waals surface area contributed by atoms with Gasteiger partial charge in [-0.25, -0.2) is 13.2 Å². The second-order valence-corrected chi connectivity index (χ2v) is 5.40. The van der Waals surface area contributed by atoms with Crippen molar-refractivity contribution in [1.82, 2.24) is 4.90 Å². The lowest BCUT2D eigenvalue weighted by Gasteiger charge is -2.36. The van der Waals surface area contributed by atoms with Crippen LogP contribution in [-0.2, 0) is 0 Å². The van der Waals surface area contributed by atoms with Crippen molar-refractivity contribution in [3.05, 3.63) is 35.1 Å². The lowest BCUT2D eigenvalue weighted by atomic mass is 10.0. The number of halogens is 3. The summed E-state index contributed by atoms with van der Waals surface area (Å²) in [5.74, 6) is -3.76. The molecule has 0 saturated carbocycles. The lowest BCUT2D eigenvalue weighted by Crippen LogP contribution is -2.40. The van der Waals surface area contributed by atoms with Crippen LogP contribution in [0, 0.1) is 17.5 Å². The van der Waals surface area contributed by atoms with Gasteiger partial charge in [-0.2, -0.15) is 0 Å². The fourth-order valence-electron chi connectivity index (χ4n) is 2.49.